The number of hydrogen-bond donors (Lipinski definition) is 0. The molecule has 0 saturated heterocycles. The van der Waals surface area contributed by atoms with E-state index in [1.165, 1.54) is 17.3 Å². The Hall–Kier alpha value is -0.0900. The highest BCUT2D eigenvalue weighted by molar-refractivity contribution is 7.23. The van der Waals surface area contributed by atoms with Crippen LogP contribution in [0.3, 0.4) is 0 Å². The number of rotatable bonds is 0. The molecule has 0 heterocycles. The maximum atomic E-state index is 2.75. The van der Waals surface area contributed by atoms with Crippen LogP contribution in [0.1, 0.15) is 20.3 Å². The molecule has 50 valence electrons. The molecule has 1 aliphatic rings. The van der Waals surface area contributed by atoms with Gasteiger partial charge >= 0.3 is 0 Å². The van der Waals surface area contributed by atoms with Crippen molar-refractivity contribution in [3.05, 3.63) is 23.0 Å². The van der Waals surface area contributed by atoms with Crippen LogP contribution in [-0.4, -0.2) is 0 Å². The van der Waals surface area contributed by atoms with Crippen LogP contribution in [0.2, 0.25) is 0 Å². The van der Waals surface area contributed by atoms with Crippen LogP contribution in [-0.2, 0) is 0 Å². The average molecular weight is 140 g/mol. The molecule has 9 heavy (non-hydrogen) atoms. The van der Waals surface area contributed by atoms with Crippen molar-refractivity contribution in [1.29, 1.82) is 0 Å². The first kappa shape index (κ1) is 7.02. The van der Waals surface area contributed by atoms with E-state index in [2.05, 4.69) is 35.2 Å². The van der Waals surface area contributed by atoms with Crippen molar-refractivity contribution < 1.29 is 0 Å². The second-order valence-corrected chi connectivity index (χ2v) is 3.40. The molecule has 1 aliphatic carbocycles. The molecule has 0 N–H and O–H groups in total. The van der Waals surface area contributed by atoms with Crippen molar-refractivity contribution in [2.75, 3.05) is 0 Å². The maximum absolute atomic E-state index is 2.75. The summed E-state index contributed by atoms with van der Waals surface area (Å²) in [7, 11) is 2.75. The summed E-state index contributed by atoms with van der Waals surface area (Å²) in [5.74, 6) is 0.745. The van der Waals surface area contributed by atoms with Gasteiger partial charge in [0.15, 0.2) is 0 Å². The minimum atomic E-state index is 0.745. The summed E-state index contributed by atoms with van der Waals surface area (Å²) in [6.45, 7) is 4.44. The van der Waals surface area contributed by atoms with E-state index < -0.39 is 0 Å². The van der Waals surface area contributed by atoms with Crippen molar-refractivity contribution in [2.45, 2.75) is 20.3 Å². The first-order chi connectivity index (χ1) is 4.20. The molecule has 2 unspecified atom stereocenters. The monoisotopic (exact) mass is 140 g/mol. The molecule has 2 atom stereocenters. The number of hydrogen-bond acceptors (Lipinski definition) is 0. The van der Waals surface area contributed by atoms with Gasteiger partial charge in [-0.1, -0.05) is 24.6 Å². The third kappa shape index (κ3) is 1.66. The molecule has 0 fully saturated rings. The summed E-state index contributed by atoms with van der Waals surface area (Å²) < 4.78 is 0. The normalized spacial score (nSPS) is 27.2. The lowest BCUT2D eigenvalue weighted by molar-refractivity contribution is 0.705. The molecule has 0 aromatic carbocycles. The third-order valence-corrected chi connectivity index (χ3v) is 2.41. The molecular formula is C8H13P. The van der Waals surface area contributed by atoms with E-state index >= 15 is 0 Å². The average Bonchev–Trinajstić information content (AvgIpc) is 1.80. The van der Waals surface area contributed by atoms with Crippen LogP contribution in [0.5, 0.6) is 0 Å². The molecule has 0 amide bonds. The molecule has 0 saturated carbocycles. The molecule has 0 aliphatic heterocycles. The molecule has 0 aromatic rings. The predicted octanol–water partition coefficient (Wildman–Crippen LogP) is 2.73. The van der Waals surface area contributed by atoms with E-state index in [1.54, 1.807) is 0 Å². The van der Waals surface area contributed by atoms with Crippen LogP contribution in [0, 0.1) is 5.92 Å². The molecule has 0 bridgehead atoms. The lowest BCUT2D eigenvalue weighted by Crippen LogP contribution is -1.96. The molecule has 0 spiro atoms. The molecule has 0 aromatic heterocycles. The van der Waals surface area contributed by atoms with E-state index in [9.17, 15) is 0 Å². The van der Waals surface area contributed by atoms with Gasteiger partial charge in [0.2, 0.25) is 0 Å². The van der Waals surface area contributed by atoms with Gasteiger partial charge in [0.1, 0.15) is 0 Å². The fourth-order valence-electron chi connectivity index (χ4n) is 1.08. The molecule has 0 radical (unpaired) electrons. The summed E-state index contributed by atoms with van der Waals surface area (Å²) in [5.41, 5.74) is 1.51. The fourth-order valence-corrected chi connectivity index (χ4v) is 1.31. The first-order valence-electron chi connectivity index (χ1n) is 3.33. The Labute approximate surface area is 59.2 Å². The Bertz CT molecular complexity index is 165. The van der Waals surface area contributed by atoms with Crippen molar-refractivity contribution in [1.82, 2.24) is 0 Å². The van der Waals surface area contributed by atoms with Crippen molar-refractivity contribution in [3.63, 3.8) is 0 Å². The van der Waals surface area contributed by atoms with E-state index in [0.717, 1.165) is 5.92 Å². The van der Waals surface area contributed by atoms with E-state index in [1.807, 2.05) is 0 Å². The SMILES string of the molecule is CC1=C(P)C=CC(C)C1. The van der Waals surface area contributed by atoms with Crippen molar-refractivity contribution in [2.24, 2.45) is 5.92 Å². The first-order valence-corrected chi connectivity index (χ1v) is 3.91. The molecule has 0 nitrogen and oxygen atoms in total. The zero-order valence-corrected chi connectivity index (χ0v) is 7.17. The second kappa shape index (κ2) is 2.66. The van der Waals surface area contributed by atoms with Gasteiger partial charge in [-0.3, -0.25) is 0 Å². The maximum Gasteiger partial charge on any atom is -0.0221 e. The van der Waals surface area contributed by atoms with Gasteiger partial charge in [-0.15, -0.1) is 9.24 Å². The van der Waals surface area contributed by atoms with Crippen LogP contribution in [0.25, 0.3) is 0 Å². The minimum Gasteiger partial charge on any atom is -0.106 e. The standard InChI is InChI=1S/C8H13P/c1-6-3-4-8(9)7(2)5-6/h3-4,6H,5,9H2,1-2H3. The molecule has 1 rings (SSSR count). The van der Waals surface area contributed by atoms with Crippen LogP contribution >= 0.6 is 9.24 Å². The highest BCUT2D eigenvalue weighted by atomic mass is 31.0. The summed E-state index contributed by atoms with van der Waals surface area (Å²) in [5, 5.41) is 1.37. The third-order valence-electron chi connectivity index (χ3n) is 1.73. The Balaban J connectivity index is 2.75. The van der Waals surface area contributed by atoms with Crippen LogP contribution in [0.15, 0.2) is 23.0 Å². The Morgan fingerprint density at radius 3 is 2.78 bits per heavy atom. The van der Waals surface area contributed by atoms with Gasteiger partial charge in [-0.25, -0.2) is 0 Å². The highest BCUT2D eigenvalue weighted by Gasteiger charge is 2.04. The zero-order valence-electron chi connectivity index (χ0n) is 6.02. The topological polar surface area (TPSA) is 0 Å². The van der Waals surface area contributed by atoms with Gasteiger partial charge < -0.3 is 0 Å². The quantitative estimate of drug-likeness (QED) is 0.454. The Morgan fingerprint density at radius 2 is 2.33 bits per heavy atom. The smallest absolute Gasteiger partial charge is 0.0221 e. The largest absolute Gasteiger partial charge is 0.106 e. The van der Waals surface area contributed by atoms with Crippen LogP contribution < -0.4 is 0 Å². The van der Waals surface area contributed by atoms with Crippen molar-refractivity contribution >= 4 is 9.24 Å². The zero-order chi connectivity index (χ0) is 6.85. The lowest BCUT2D eigenvalue weighted by atomic mass is 9.97. The summed E-state index contributed by atoms with van der Waals surface area (Å²) in [4.78, 5) is 0. The van der Waals surface area contributed by atoms with Crippen LogP contribution in [0.4, 0.5) is 0 Å². The lowest BCUT2D eigenvalue weighted by Gasteiger charge is -2.13. The summed E-state index contributed by atoms with van der Waals surface area (Å²) in [6, 6.07) is 0. The predicted molar refractivity (Wildman–Crippen MR) is 45.3 cm³/mol. The molecular weight excluding hydrogens is 127 g/mol. The number of allylic oxidation sites excluding steroid dienone is 4. The minimum absolute atomic E-state index is 0.745. The van der Waals surface area contributed by atoms with Crippen molar-refractivity contribution in [3.8, 4) is 0 Å². The van der Waals surface area contributed by atoms with Gasteiger partial charge in [0.05, 0.1) is 0 Å². The fraction of sp³-hybridized carbons (Fsp3) is 0.500. The highest BCUT2D eigenvalue weighted by Crippen LogP contribution is 2.26. The van der Waals surface area contributed by atoms with Gasteiger partial charge in [-0.05, 0) is 24.6 Å². The second-order valence-electron chi connectivity index (χ2n) is 2.78. The molecule has 1 heteroatoms. The van der Waals surface area contributed by atoms with E-state index in [4.69, 9.17) is 0 Å². The summed E-state index contributed by atoms with van der Waals surface area (Å²) >= 11 is 0. The Morgan fingerprint density at radius 1 is 1.67 bits per heavy atom. The van der Waals surface area contributed by atoms with E-state index in [0.29, 0.717) is 0 Å². The summed E-state index contributed by atoms with van der Waals surface area (Å²) in [6.07, 6.45) is 5.68. The Kier molecular flexibility index (Phi) is 2.08. The van der Waals surface area contributed by atoms with Gasteiger partial charge in [0, 0.05) is 0 Å². The van der Waals surface area contributed by atoms with E-state index in [-0.39, 0.29) is 0 Å². The van der Waals surface area contributed by atoms with Gasteiger partial charge in [0.25, 0.3) is 0 Å². The van der Waals surface area contributed by atoms with Gasteiger partial charge in [-0.2, -0.15) is 0 Å².